The lowest BCUT2D eigenvalue weighted by atomic mass is 9.43. The summed E-state index contributed by atoms with van der Waals surface area (Å²) in [5.41, 5.74) is 26.4. The minimum Gasteiger partial charge on any atom is -0.378 e. The summed E-state index contributed by atoms with van der Waals surface area (Å²) in [4.78, 5) is 8.75. The first kappa shape index (κ1) is 37.1. The average Bonchev–Trinajstić information content (AvgIpc) is 3.41. The van der Waals surface area contributed by atoms with Crippen molar-refractivity contribution in [3.05, 3.63) is 31.3 Å². The van der Waals surface area contributed by atoms with Crippen molar-refractivity contribution in [3.63, 3.8) is 0 Å². The van der Waals surface area contributed by atoms with E-state index < -0.39 is 0 Å². The molecule has 4 aliphatic carbocycles. The van der Waals surface area contributed by atoms with E-state index in [0.717, 1.165) is 56.7 Å². The maximum absolute atomic E-state index is 8.80. The zero-order valence-electron chi connectivity index (χ0n) is 28.3. The van der Waals surface area contributed by atoms with Crippen LogP contribution in [-0.2, 0) is 14.2 Å². The molecule has 0 spiro atoms. The molecule has 0 saturated heterocycles. The predicted octanol–water partition coefficient (Wildman–Crippen LogP) is 9.93. The molecule has 11 unspecified atom stereocenters. The normalized spacial score (nSPS) is 37.0. The third kappa shape index (κ3) is 8.46. The molecule has 4 aliphatic rings. The van der Waals surface area contributed by atoms with Crippen LogP contribution in [0.3, 0.4) is 0 Å². The van der Waals surface area contributed by atoms with Gasteiger partial charge in [-0.1, -0.05) is 52.0 Å². The largest absolute Gasteiger partial charge is 0.378 e. The van der Waals surface area contributed by atoms with Crippen molar-refractivity contribution in [2.45, 2.75) is 116 Å². The fourth-order valence-corrected chi connectivity index (χ4v) is 10.8. The van der Waals surface area contributed by atoms with Gasteiger partial charge in [0.2, 0.25) is 0 Å². The first-order valence-corrected chi connectivity index (χ1v) is 18.9. The summed E-state index contributed by atoms with van der Waals surface area (Å²) in [6.07, 6.45) is 13.0. The highest BCUT2D eigenvalue weighted by atomic mass is 79.9. The van der Waals surface area contributed by atoms with Crippen molar-refractivity contribution < 1.29 is 14.2 Å². The van der Waals surface area contributed by atoms with Gasteiger partial charge in [-0.15, -0.1) is 0 Å². The van der Waals surface area contributed by atoms with Crippen LogP contribution in [0.15, 0.2) is 15.3 Å². The van der Waals surface area contributed by atoms with E-state index in [0.29, 0.717) is 75.0 Å². The number of ether oxygens (including phenoxy) is 3. The van der Waals surface area contributed by atoms with Crippen molar-refractivity contribution >= 4 is 15.9 Å². The lowest BCUT2D eigenvalue weighted by molar-refractivity contribution is -0.227. The molecular formula is C33H56BrN9O3. The van der Waals surface area contributed by atoms with Gasteiger partial charge in [0, 0.05) is 64.9 Å². The van der Waals surface area contributed by atoms with Crippen molar-refractivity contribution in [2.75, 3.05) is 44.8 Å². The zero-order valence-corrected chi connectivity index (χ0v) is 29.8. The molecule has 46 heavy (non-hydrogen) atoms. The lowest BCUT2D eigenvalue weighted by Crippen LogP contribution is -2.63. The van der Waals surface area contributed by atoms with E-state index in [1.54, 1.807) is 0 Å². The van der Waals surface area contributed by atoms with E-state index in [1.165, 1.54) is 25.7 Å². The Kier molecular flexibility index (Phi) is 14.7. The Balaban J connectivity index is 1.61. The maximum Gasteiger partial charge on any atom is 0.0637 e. The topological polar surface area (TPSA) is 174 Å². The Labute approximate surface area is 283 Å². The van der Waals surface area contributed by atoms with E-state index in [2.05, 4.69) is 66.8 Å². The second kappa shape index (κ2) is 18.2. The molecule has 11 atom stereocenters. The van der Waals surface area contributed by atoms with Crippen LogP contribution in [-0.4, -0.2) is 63.1 Å². The zero-order chi connectivity index (χ0) is 33.0. The maximum atomic E-state index is 8.80. The summed E-state index contributed by atoms with van der Waals surface area (Å²) >= 11 is 3.67. The summed E-state index contributed by atoms with van der Waals surface area (Å²) in [6.45, 7) is 10.8. The van der Waals surface area contributed by atoms with Crippen LogP contribution in [0.25, 0.3) is 31.3 Å². The lowest BCUT2D eigenvalue weighted by Gasteiger charge is -2.65. The first-order chi connectivity index (χ1) is 22.3. The fourth-order valence-electron chi connectivity index (χ4n) is 10.5. The number of hydrogen-bond acceptors (Lipinski definition) is 6. The minimum atomic E-state index is 0.0630. The van der Waals surface area contributed by atoms with E-state index >= 15 is 0 Å². The van der Waals surface area contributed by atoms with Crippen molar-refractivity contribution in [2.24, 2.45) is 61.7 Å². The number of alkyl halides is 1. The molecule has 0 aromatic heterocycles. The molecule has 258 valence electrons. The van der Waals surface area contributed by atoms with Gasteiger partial charge in [-0.2, -0.15) is 0 Å². The van der Waals surface area contributed by atoms with Crippen LogP contribution < -0.4 is 0 Å². The highest BCUT2D eigenvalue weighted by Crippen LogP contribution is 2.69. The summed E-state index contributed by atoms with van der Waals surface area (Å²) in [5.74, 6) is 3.22. The van der Waals surface area contributed by atoms with Gasteiger partial charge in [-0.25, -0.2) is 0 Å². The van der Waals surface area contributed by atoms with Crippen LogP contribution in [0.5, 0.6) is 0 Å². The number of hydrogen-bond donors (Lipinski definition) is 0. The summed E-state index contributed by atoms with van der Waals surface area (Å²) < 4.78 is 20.1. The number of halogens is 1. The molecule has 4 rings (SSSR count). The molecule has 4 saturated carbocycles. The molecule has 12 nitrogen and oxygen atoms in total. The smallest absolute Gasteiger partial charge is 0.0637 e. The summed E-state index contributed by atoms with van der Waals surface area (Å²) in [5, 5.41) is 12.2. The molecular weight excluding hydrogens is 650 g/mol. The number of nitrogens with zero attached hydrogens (tertiary/aromatic N) is 9. The van der Waals surface area contributed by atoms with Crippen LogP contribution in [0.4, 0.5) is 0 Å². The fraction of sp³-hybridized carbons (Fsp3) is 1.00. The highest BCUT2D eigenvalue weighted by molar-refractivity contribution is 9.09. The summed E-state index contributed by atoms with van der Waals surface area (Å²) in [6, 6.07) is 0. The van der Waals surface area contributed by atoms with Crippen molar-refractivity contribution in [1.29, 1.82) is 0 Å². The van der Waals surface area contributed by atoms with Gasteiger partial charge in [0.1, 0.15) is 0 Å². The van der Waals surface area contributed by atoms with Crippen molar-refractivity contribution in [1.82, 2.24) is 0 Å². The second-order valence-electron chi connectivity index (χ2n) is 14.8. The molecule has 0 aromatic rings. The second-order valence-corrected chi connectivity index (χ2v) is 15.6. The Morgan fingerprint density at radius 1 is 0.783 bits per heavy atom. The van der Waals surface area contributed by atoms with E-state index in [4.69, 9.17) is 30.8 Å². The summed E-state index contributed by atoms with van der Waals surface area (Å²) in [7, 11) is 0. The molecule has 13 heteroatoms. The van der Waals surface area contributed by atoms with Gasteiger partial charge in [0.15, 0.2) is 0 Å². The Morgan fingerprint density at radius 3 is 2.04 bits per heavy atom. The van der Waals surface area contributed by atoms with E-state index in [9.17, 15) is 0 Å². The molecule has 0 amide bonds. The monoisotopic (exact) mass is 705 g/mol. The number of azide groups is 3. The van der Waals surface area contributed by atoms with Crippen LogP contribution in [0.1, 0.15) is 97.8 Å². The first-order valence-electron chi connectivity index (χ1n) is 17.8. The molecule has 0 heterocycles. The highest BCUT2D eigenvalue weighted by Gasteiger charge is 2.66. The van der Waals surface area contributed by atoms with Gasteiger partial charge in [-0.3, -0.25) is 0 Å². The molecule has 0 N–H and O–H groups in total. The third-order valence-electron chi connectivity index (χ3n) is 12.6. The number of rotatable bonds is 19. The van der Waals surface area contributed by atoms with Crippen LogP contribution in [0, 0.1) is 46.3 Å². The van der Waals surface area contributed by atoms with Crippen LogP contribution >= 0.6 is 15.9 Å². The Morgan fingerprint density at radius 2 is 1.41 bits per heavy atom. The van der Waals surface area contributed by atoms with Gasteiger partial charge in [0.25, 0.3) is 0 Å². The molecule has 4 fully saturated rings. The minimum absolute atomic E-state index is 0.0630. The van der Waals surface area contributed by atoms with E-state index in [1.807, 2.05) is 0 Å². The molecule has 0 aliphatic heterocycles. The van der Waals surface area contributed by atoms with Gasteiger partial charge in [0.05, 0.1) is 18.3 Å². The van der Waals surface area contributed by atoms with E-state index in [-0.39, 0.29) is 29.1 Å². The Bertz CT molecular complexity index is 1110. The predicted molar refractivity (Wildman–Crippen MR) is 183 cm³/mol. The van der Waals surface area contributed by atoms with Gasteiger partial charge in [-0.05, 0) is 135 Å². The van der Waals surface area contributed by atoms with Gasteiger partial charge < -0.3 is 14.2 Å². The molecule has 0 radical (unpaired) electrons. The van der Waals surface area contributed by atoms with Gasteiger partial charge >= 0.3 is 0 Å². The SMILES string of the molecule is CC(CCCBr)C1CCC2C3C(OCCCN=[N+]=[N-])CC4CC(OCCCN=[N+]=[N-])CCC4(C)C3CC(OCCCN=[N+]=[N-])C12C. The molecule has 0 aromatic carbocycles. The number of fused-ring (bicyclic) bond motifs is 5. The molecule has 0 bridgehead atoms. The standard InChI is InChI=1S/C33H56BrN9O3/c1-23(8-4-13-34)26-9-10-27-31-28(22-30(33(26,27)3)46-19-7-16-40-43-37)32(2)12-11-25(44-17-5-14-38-41-35)20-24(32)21-29(31)45-18-6-15-39-42-36/h23-31H,4-22H2,1-3H3. The Hall–Kier alpha value is -1.71. The average molecular weight is 707 g/mol. The quantitative estimate of drug-likeness (QED) is 0.0428. The van der Waals surface area contributed by atoms with Crippen molar-refractivity contribution in [3.8, 4) is 0 Å². The third-order valence-corrected chi connectivity index (χ3v) is 13.2. The van der Waals surface area contributed by atoms with Crippen LogP contribution in [0.2, 0.25) is 0 Å².